The topological polar surface area (TPSA) is 46.8 Å². The number of rotatable bonds is 4. The summed E-state index contributed by atoms with van der Waals surface area (Å²) in [6, 6.07) is 5.61. The van der Waals surface area contributed by atoms with E-state index in [9.17, 15) is 5.11 Å². The average molecular weight is 353 g/mol. The standard InChI is InChI=1S/C14H13BrN2O2S/c1-19-13-6-9(15)2-3-11(13)12(18)7-10-8-17-4-5-20-14(17)16-10/h2-6,8,12,18H,7H2,1H3. The van der Waals surface area contributed by atoms with Gasteiger partial charge in [0.2, 0.25) is 0 Å². The van der Waals surface area contributed by atoms with Gasteiger partial charge in [0.1, 0.15) is 5.75 Å². The van der Waals surface area contributed by atoms with Crippen molar-refractivity contribution in [3.8, 4) is 5.75 Å². The summed E-state index contributed by atoms with van der Waals surface area (Å²) in [7, 11) is 1.60. The Morgan fingerprint density at radius 2 is 2.35 bits per heavy atom. The number of methoxy groups -OCH3 is 1. The molecule has 2 heterocycles. The Labute approximate surface area is 128 Å². The number of fused-ring (bicyclic) bond motifs is 1. The van der Waals surface area contributed by atoms with Crippen LogP contribution in [0.15, 0.2) is 40.4 Å². The summed E-state index contributed by atoms with van der Waals surface area (Å²) >= 11 is 4.98. The largest absolute Gasteiger partial charge is 0.496 e. The minimum Gasteiger partial charge on any atom is -0.496 e. The van der Waals surface area contributed by atoms with Gasteiger partial charge in [0.15, 0.2) is 4.96 Å². The number of ether oxygens (including phenoxy) is 1. The highest BCUT2D eigenvalue weighted by atomic mass is 79.9. The number of nitrogens with zero attached hydrogens (tertiary/aromatic N) is 2. The number of aliphatic hydroxyl groups is 1. The van der Waals surface area contributed by atoms with Crippen LogP contribution < -0.4 is 4.74 Å². The summed E-state index contributed by atoms with van der Waals surface area (Å²) < 4.78 is 8.20. The molecule has 2 aromatic heterocycles. The zero-order valence-electron chi connectivity index (χ0n) is 10.8. The molecule has 1 aromatic carbocycles. The number of hydrogen-bond donors (Lipinski definition) is 1. The maximum absolute atomic E-state index is 10.4. The molecule has 0 amide bonds. The molecule has 1 N–H and O–H groups in total. The SMILES string of the molecule is COc1cc(Br)ccc1C(O)Cc1cn2ccsc2n1. The van der Waals surface area contributed by atoms with Crippen LogP contribution in [0.25, 0.3) is 4.96 Å². The Morgan fingerprint density at radius 1 is 1.50 bits per heavy atom. The zero-order chi connectivity index (χ0) is 14.1. The van der Waals surface area contributed by atoms with E-state index in [1.54, 1.807) is 18.4 Å². The molecule has 0 spiro atoms. The van der Waals surface area contributed by atoms with Gasteiger partial charge in [-0.1, -0.05) is 22.0 Å². The first kappa shape index (κ1) is 13.6. The maximum Gasteiger partial charge on any atom is 0.193 e. The molecule has 1 atom stereocenters. The summed E-state index contributed by atoms with van der Waals surface area (Å²) in [6.07, 6.45) is 3.73. The van der Waals surface area contributed by atoms with Gasteiger partial charge in [-0.25, -0.2) is 4.98 Å². The Kier molecular flexibility index (Phi) is 3.78. The predicted octanol–water partition coefficient (Wildman–Crippen LogP) is 3.44. The van der Waals surface area contributed by atoms with E-state index >= 15 is 0 Å². The van der Waals surface area contributed by atoms with Gasteiger partial charge in [-0.15, -0.1) is 11.3 Å². The Balaban J connectivity index is 1.85. The Morgan fingerprint density at radius 3 is 3.10 bits per heavy atom. The first-order chi connectivity index (χ1) is 9.67. The number of imidazole rings is 1. The average Bonchev–Trinajstić information content (AvgIpc) is 2.99. The van der Waals surface area contributed by atoms with Crippen LogP contribution in [0.5, 0.6) is 5.75 Å². The molecule has 3 aromatic rings. The minimum atomic E-state index is -0.636. The number of halogens is 1. The van der Waals surface area contributed by atoms with Crippen molar-refractivity contribution in [1.82, 2.24) is 9.38 Å². The van der Waals surface area contributed by atoms with Gasteiger partial charge < -0.3 is 9.84 Å². The molecule has 4 nitrogen and oxygen atoms in total. The van der Waals surface area contributed by atoms with Crippen LogP contribution in [0.3, 0.4) is 0 Å². The number of aliphatic hydroxyl groups excluding tert-OH is 1. The second kappa shape index (κ2) is 5.55. The van der Waals surface area contributed by atoms with E-state index in [0.717, 1.165) is 20.7 Å². The highest BCUT2D eigenvalue weighted by Crippen LogP contribution is 2.30. The van der Waals surface area contributed by atoms with Crippen molar-refractivity contribution in [2.24, 2.45) is 0 Å². The van der Waals surface area contributed by atoms with Gasteiger partial charge >= 0.3 is 0 Å². The number of hydrogen-bond acceptors (Lipinski definition) is 4. The molecule has 104 valence electrons. The van der Waals surface area contributed by atoms with Crippen molar-refractivity contribution in [3.05, 3.63) is 51.7 Å². The van der Waals surface area contributed by atoms with Crippen molar-refractivity contribution >= 4 is 32.2 Å². The minimum absolute atomic E-state index is 0.465. The molecule has 0 aliphatic rings. The lowest BCUT2D eigenvalue weighted by molar-refractivity contribution is 0.173. The third-order valence-electron chi connectivity index (χ3n) is 3.10. The molecule has 1 unspecified atom stereocenters. The molecule has 0 saturated carbocycles. The number of thiazole rings is 1. The van der Waals surface area contributed by atoms with Crippen molar-refractivity contribution in [2.75, 3.05) is 7.11 Å². The van der Waals surface area contributed by atoms with Crippen LogP contribution in [0.2, 0.25) is 0 Å². The monoisotopic (exact) mass is 352 g/mol. The molecule has 6 heteroatoms. The van der Waals surface area contributed by atoms with Crippen molar-refractivity contribution < 1.29 is 9.84 Å². The van der Waals surface area contributed by atoms with Crippen LogP contribution >= 0.6 is 27.3 Å². The van der Waals surface area contributed by atoms with E-state index in [-0.39, 0.29) is 0 Å². The van der Waals surface area contributed by atoms with Gasteiger partial charge in [-0.05, 0) is 12.1 Å². The number of aromatic nitrogens is 2. The lowest BCUT2D eigenvalue weighted by atomic mass is 10.0. The van der Waals surface area contributed by atoms with Crippen LogP contribution in [-0.2, 0) is 6.42 Å². The lowest BCUT2D eigenvalue weighted by Crippen LogP contribution is -2.04. The van der Waals surface area contributed by atoms with Gasteiger partial charge in [-0.3, -0.25) is 4.40 Å². The first-order valence-electron chi connectivity index (χ1n) is 6.10. The fraction of sp³-hybridized carbons (Fsp3) is 0.214. The highest BCUT2D eigenvalue weighted by Gasteiger charge is 2.16. The smallest absolute Gasteiger partial charge is 0.193 e. The fourth-order valence-corrected chi connectivity index (χ4v) is 3.20. The lowest BCUT2D eigenvalue weighted by Gasteiger charge is -2.14. The van der Waals surface area contributed by atoms with Crippen molar-refractivity contribution in [2.45, 2.75) is 12.5 Å². The molecule has 3 rings (SSSR count). The Hall–Kier alpha value is -1.37. The predicted molar refractivity (Wildman–Crippen MR) is 82.4 cm³/mol. The van der Waals surface area contributed by atoms with E-state index in [2.05, 4.69) is 20.9 Å². The summed E-state index contributed by atoms with van der Waals surface area (Å²) in [6.45, 7) is 0. The molecule has 0 bridgehead atoms. The number of benzene rings is 1. The normalized spacial score (nSPS) is 12.8. The molecular formula is C14H13BrN2O2S. The molecule has 0 aliphatic heterocycles. The molecular weight excluding hydrogens is 340 g/mol. The van der Waals surface area contributed by atoms with Crippen LogP contribution in [0.1, 0.15) is 17.4 Å². The second-order valence-corrected chi connectivity index (χ2v) is 6.22. The Bertz CT molecular complexity index is 709. The highest BCUT2D eigenvalue weighted by molar-refractivity contribution is 9.10. The van der Waals surface area contributed by atoms with E-state index < -0.39 is 6.10 Å². The molecule has 20 heavy (non-hydrogen) atoms. The third kappa shape index (κ3) is 2.59. The molecule has 0 aliphatic carbocycles. The maximum atomic E-state index is 10.4. The van der Waals surface area contributed by atoms with Gasteiger partial charge in [0, 0.05) is 34.2 Å². The van der Waals surface area contributed by atoms with E-state index in [4.69, 9.17) is 4.74 Å². The van der Waals surface area contributed by atoms with Crippen molar-refractivity contribution in [3.63, 3.8) is 0 Å². The second-order valence-electron chi connectivity index (χ2n) is 4.43. The zero-order valence-corrected chi connectivity index (χ0v) is 13.2. The molecule has 0 radical (unpaired) electrons. The third-order valence-corrected chi connectivity index (χ3v) is 4.36. The van der Waals surface area contributed by atoms with Gasteiger partial charge in [-0.2, -0.15) is 0 Å². The van der Waals surface area contributed by atoms with E-state index in [1.165, 1.54) is 0 Å². The van der Waals surface area contributed by atoms with Crippen molar-refractivity contribution in [1.29, 1.82) is 0 Å². The first-order valence-corrected chi connectivity index (χ1v) is 7.77. The summed E-state index contributed by atoms with van der Waals surface area (Å²) in [5.74, 6) is 0.674. The summed E-state index contributed by atoms with van der Waals surface area (Å²) in [5.41, 5.74) is 1.64. The fourth-order valence-electron chi connectivity index (χ4n) is 2.14. The molecule has 0 fully saturated rings. The van der Waals surface area contributed by atoms with E-state index in [1.807, 2.05) is 40.4 Å². The summed E-state index contributed by atoms with van der Waals surface area (Å²) in [4.78, 5) is 5.42. The van der Waals surface area contributed by atoms with Gasteiger partial charge in [0.25, 0.3) is 0 Å². The van der Waals surface area contributed by atoms with Crippen LogP contribution in [0, 0.1) is 0 Å². The van der Waals surface area contributed by atoms with Crippen LogP contribution in [0.4, 0.5) is 0 Å². The summed E-state index contributed by atoms with van der Waals surface area (Å²) in [5, 5.41) is 12.4. The molecule has 0 saturated heterocycles. The quantitative estimate of drug-likeness (QED) is 0.782. The van der Waals surface area contributed by atoms with E-state index in [0.29, 0.717) is 12.2 Å². The van der Waals surface area contributed by atoms with Gasteiger partial charge in [0.05, 0.1) is 18.9 Å². The van der Waals surface area contributed by atoms with Crippen LogP contribution in [-0.4, -0.2) is 21.6 Å².